The van der Waals surface area contributed by atoms with Crippen LogP contribution in [0.5, 0.6) is 11.5 Å². The zero-order valence-corrected chi connectivity index (χ0v) is 18.4. The number of phenolic OH excluding ortho intramolecular Hbond substituents is 1. The second-order valence-corrected chi connectivity index (χ2v) is 8.60. The normalized spacial score (nSPS) is 15.5. The van der Waals surface area contributed by atoms with Crippen molar-refractivity contribution in [3.05, 3.63) is 59.8 Å². The van der Waals surface area contributed by atoms with Gasteiger partial charge in [-0.15, -0.1) is 0 Å². The van der Waals surface area contributed by atoms with E-state index in [9.17, 15) is 14.7 Å². The van der Waals surface area contributed by atoms with E-state index in [1.165, 1.54) is 17.9 Å². The Bertz CT molecular complexity index is 1210. The van der Waals surface area contributed by atoms with Crippen molar-refractivity contribution in [3.8, 4) is 22.8 Å². The summed E-state index contributed by atoms with van der Waals surface area (Å²) in [6.07, 6.45) is 5.15. The number of hydrogen-bond donors (Lipinski definition) is 3. The molecule has 0 radical (unpaired) electrons. The predicted octanol–water partition coefficient (Wildman–Crippen LogP) is 4.50. The highest BCUT2D eigenvalue weighted by molar-refractivity contribution is 6.06. The van der Waals surface area contributed by atoms with Crippen molar-refractivity contribution in [2.45, 2.75) is 44.1 Å². The molecule has 0 atom stereocenters. The number of hydrogen-bond acceptors (Lipinski definition) is 5. The van der Waals surface area contributed by atoms with Gasteiger partial charge in [0.25, 0.3) is 5.91 Å². The number of methoxy groups -OCH3 is 1. The average molecular weight is 447 g/mol. The molecule has 0 saturated heterocycles. The van der Waals surface area contributed by atoms with Gasteiger partial charge in [0.1, 0.15) is 11.5 Å². The standard InChI is InChI=1S/C25H26N4O4/c1-33-23-8-3-2-7-18(23)24(31)26-17-11-12-22(30)19(13-17)20-14-21(15-5-4-6-15)29(28-20)25(32)27-16-9-10-16/h2-3,7-8,11-16,30H,4-6,9-10H2,1H3,(H,26,31)(H,27,32). The van der Waals surface area contributed by atoms with E-state index < -0.39 is 0 Å². The third kappa shape index (κ3) is 4.28. The summed E-state index contributed by atoms with van der Waals surface area (Å²) in [4.78, 5) is 25.6. The number of aromatic hydroxyl groups is 1. The van der Waals surface area contributed by atoms with Gasteiger partial charge in [0, 0.05) is 23.2 Å². The molecule has 8 nitrogen and oxygen atoms in total. The second kappa shape index (κ2) is 8.61. The molecule has 1 aromatic heterocycles. The molecule has 1 heterocycles. The molecule has 33 heavy (non-hydrogen) atoms. The number of benzene rings is 2. The molecule has 170 valence electrons. The quantitative estimate of drug-likeness (QED) is 0.484. The molecular weight excluding hydrogens is 420 g/mol. The van der Waals surface area contributed by atoms with E-state index in [1.807, 2.05) is 6.07 Å². The highest BCUT2D eigenvalue weighted by atomic mass is 16.5. The minimum atomic E-state index is -0.325. The Labute approximate surface area is 191 Å². The van der Waals surface area contributed by atoms with Crippen LogP contribution in [0.2, 0.25) is 0 Å². The van der Waals surface area contributed by atoms with E-state index in [4.69, 9.17) is 4.74 Å². The molecule has 8 heteroatoms. The van der Waals surface area contributed by atoms with Crippen LogP contribution in [0.1, 0.15) is 54.1 Å². The smallest absolute Gasteiger partial charge is 0.342 e. The molecule has 5 rings (SSSR count). The maximum atomic E-state index is 12.8. The van der Waals surface area contributed by atoms with Gasteiger partial charge in [-0.2, -0.15) is 9.78 Å². The van der Waals surface area contributed by atoms with Crippen LogP contribution in [-0.2, 0) is 0 Å². The summed E-state index contributed by atoms with van der Waals surface area (Å²) < 4.78 is 6.72. The lowest BCUT2D eigenvalue weighted by Gasteiger charge is -2.25. The van der Waals surface area contributed by atoms with Gasteiger partial charge >= 0.3 is 6.03 Å². The van der Waals surface area contributed by atoms with E-state index in [0.717, 1.165) is 37.8 Å². The molecular formula is C25H26N4O4. The Morgan fingerprint density at radius 2 is 1.88 bits per heavy atom. The fourth-order valence-electron chi connectivity index (χ4n) is 4.00. The van der Waals surface area contributed by atoms with E-state index in [1.54, 1.807) is 36.4 Å². The van der Waals surface area contributed by atoms with Crippen molar-refractivity contribution in [3.63, 3.8) is 0 Å². The summed E-state index contributed by atoms with van der Waals surface area (Å²) in [6.45, 7) is 0. The number of anilines is 1. The molecule has 2 fully saturated rings. The average Bonchev–Trinajstić information content (AvgIpc) is 3.50. The number of amides is 2. The fourth-order valence-corrected chi connectivity index (χ4v) is 4.00. The van der Waals surface area contributed by atoms with E-state index in [-0.39, 0.29) is 29.6 Å². The van der Waals surface area contributed by atoms with Gasteiger partial charge in [-0.3, -0.25) is 4.79 Å². The summed E-state index contributed by atoms with van der Waals surface area (Å²) in [5.74, 6) is 0.456. The Balaban J connectivity index is 1.44. The SMILES string of the molecule is COc1ccccc1C(=O)Nc1ccc(O)c(-c2cc(C3CCC3)n(C(=O)NC3CC3)n2)c1. The van der Waals surface area contributed by atoms with Gasteiger partial charge in [-0.25, -0.2) is 4.79 Å². The van der Waals surface area contributed by atoms with Gasteiger partial charge in [0.2, 0.25) is 0 Å². The van der Waals surface area contributed by atoms with Crippen LogP contribution < -0.4 is 15.4 Å². The number of rotatable bonds is 6. The number of carbonyl (C=O) groups excluding carboxylic acids is 2. The summed E-state index contributed by atoms with van der Waals surface area (Å²) in [5.41, 5.74) is 2.71. The van der Waals surface area contributed by atoms with Crippen LogP contribution >= 0.6 is 0 Å². The number of phenols is 1. The fraction of sp³-hybridized carbons (Fsp3) is 0.320. The number of nitrogens with one attached hydrogen (secondary N) is 2. The van der Waals surface area contributed by atoms with Crippen molar-refractivity contribution >= 4 is 17.6 Å². The Kier molecular flexibility index (Phi) is 5.50. The molecule has 0 spiro atoms. The minimum absolute atomic E-state index is 0.0256. The van der Waals surface area contributed by atoms with Crippen LogP contribution in [0.15, 0.2) is 48.5 Å². The molecule has 0 aliphatic heterocycles. The molecule has 2 amide bonds. The van der Waals surface area contributed by atoms with Gasteiger partial charge in [-0.1, -0.05) is 18.6 Å². The molecule has 3 aromatic rings. The summed E-state index contributed by atoms with van der Waals surface area (Å²) in [7, 11) is 1.51. The molecule has 0 bridgehead atoms. The van der Waals surface area contributed by atoms with Crippen molar-refractivity contribution in [2.75, 3.05) is 12.4 Å². The minimum Gasteiger partial charge on any atom is -0.507 e. The maximum Gasteiger partial charge on any atom is 0.342 e. The Morgan fingerprint density at radius 1 is 1.09 bits per heavy atom. The molecule has 2 saturated carbocycles. The van der Waals surface area contributed by atoms with Gasteiger partial charge in [-0.05, 0) is 62.1 Å². The van der Waals surface area contributed by atoms with Crippen LogP contribution in [0.4, 0.5) is 10.5 Å². The highest BCUT2D eigenvalue weighted by Crippen LogP contribution is 2.39. The maximum absolute atomic E-state index is 12.8. The monoisotopic (exact) mass is 446 g/mol. The Hall–Kier alpha value is -3.81. The molecule has 2 aliphatic carbocycles. The molecule has 0 unspecified atom stereocenters. The zero-order valence-electron chi connectivity index (χ0n) is 18.4. The van der Waals surface area contributed by atoms with E-state index in [2.05, 4.69) is 15.7 Å². The number of carbonyl (C=O) groups is 2. The third-order valence-electron chi connectivity index (χ3n) is 6.24. The van der Waals surface area contributed by atoms with Crippen LogP contribution in [0.25, 0.3) is 11.3 Å². The predicted molar refractivity (Wildman–Crippen MR) is 124 cm³/mol. The topological polar surface area (TPSA) is 105 Å². The highest BCUT2D eigenvalue weighted by Gasteiger charge is 2.30. The number of nitrogens with zero attached hydrogens (tertiary/aromatic N) is 2. The van der Waals surface area contributed by atoms with Crippen molar-refractivity contribution in [1.29, 1.82) is 0 Å². The number of aromatic nitrogens is 2. The summed E-state index contributed by atoms with van der Waals surface area (Å²) in [6, 6.07) is 13.6. The molecule has 2 aliphatic rings. The lowest BCUT2D eigenvalue weighted by atomic mass is 9.82. The van der Waals surface area contributed by atoms with E-state index >= 15 is 0 Å². The van der Waals surface area contributed by atoms with Gasteiger partial charge in [0.15, 0.2) is 0 Å². The Morgan fingerprint density at radius 3 is 2.58 bits per heavy atom. The van der Waals surface area contributed by atoms with Crippen LogP contribution in [0.3, 0.4) is 0 Å². The van der Waals surface area contributed by atoms with Gasteiger partial charge < -0.3 is 20.5 Å². The largest absolute Gasteiger partial charge is 0.507 e. The first-order chi connectivity index (χ1) is 16.0. The summed E-state index contributed by atoms with van der Waals surface area (Å²) in [5, 5.41) is 20.9. The summed E-state index contributed by atoms with van der Waals surface area (Å²) >= 11 is 0. The first-order valence-electron chi connectivity index (χ1n) is 11.2. The number of ether oxygens (including phenoxy) is 1. The first kappa shape index (κ1) is 21.1. The third-order valence-corrected chi connectivity index (χ3v) is 6.24. The molecule has 3 N–H and O–H groups in total. The van der Waals surface area contributed by atoms with Crippen molar-refractivity contribution in [1.82, 2.24) is 15.1 Å². The van der Waals surface area contributed by atoms with Gasteiger partial charge in [0.05, 0.1) is 24.1 Å². The second-order valence-electron chi connectivity index (χ2n) is 8.60. The van der Waals surface area contributed by atoms with Crippen LogP contribution in [-0.4, -0.2) is 40.0 Å². The molecule has 2 aromatic carbocycles. The first-order valence-corrected chi connectivity index (χ1v) is 11.2. The van der Waals surface area contributed by atoms with E-state index in [0.29, 0.717) is 28.3 Å². The lowest BCUT2D eigenvalue weighted by Crippen LogP contribution is -2.33. The number of para-hydroxylation sites is 1. The van der Waals surface area contributed by atoms with Crippen LogP contribution in [0, 0.1) is 0 Å². The zero-order chi connectivity index (χ0) is 22.9. The lowest BCUT2D eigenvalue weighted by molar-refractivity contribution is 0.102. The van der Waals surface area contributed by atoms with Crippen molar-refractivity contribution < 1.29 is 19.4 Å². The van der Waals surface area contributed by atoms with Crippen molar-refractivity contribution in [2.24, 2.45) is 0 Å².